The molecular weight excluding hydrogens is 498 g/mol. The van der Waals surface area contributed by atoms with Crippen LogP contribution < -0.4 is 0 Å². The van der Waals surface area contributed by atoms with Gasteiger partial charge in [0.25, 0.3) is 0 Å². The lowest BCUT2D eigenvalue weighted by atomic mass is 9.99. The molecule has 0 aliphatic heterocycles. The summed E-state index contributed by atoms with van der Waals surface area (Å²) in [6.45, 7) is 0. The van der Waals surface area contributed by atoms with Gasteiger partial charge in [0.2, 0.25) is 0 Å². The van der Waals surface area contributed by atoms with Crippen LogP contribution >= 0.6 is 11.3 Å². The van der Waals surface area contributed by atoms with Crippen molar-refractivity contribution in [3.63, 3.8) is 0 Å². The minimum absolute atomic E-state index is 0.0442. The number of aromatic nitrogens is 3. The Morgan fingerprint density at radius 2 is 1.62 bits per heavy atom. The molecule has 3 heterocycles. The maximum absolute atomic E-state index is 10.9. The second-order valence-corrected chi connectivity index (χ2v) is 10.1. The van der Waals surface area contributed by atoms with E-state index < -0.39 is 0 Å². The predicted octanol–water partition coefficient (Wildman–Crippen LogP) is 8.86. The lowest BCUT2D eigenvalue weighted by molar-refractivity contribution is 0.477. The lowest BCUT2D eigenvalue weighted by Gasteiger charge is -2.11. The van der Waals surface area contributed by atoms with Crippen molar-refractivity contribution in [2.75, 3.05) is 0 Å². The van der Waals surface area contributed by atoms with E-state index in [1.165, 1.54) is 17.0 Å². The number of phenolic OH excluding ortho intramolecular Hbond substituents is 1. The average Bonchev–Trinajstić information content (AvgIpc) is 3.66. The van der Waals surface area contributed by atoms with E-state index in [2.05, 4.69) is 46.8 Å². The molecule has 3 aromatic heterocycles. The second-order valence-electron chi connectivity index (χ2n) is 9.13. The third kappa shape index (κ3) is 4.19. The fourth-order valence-electron chi connectivity index (χ4n) is 4.93. The summed E-state index contributed by atoms with van der Waals surface area (Å²) in [6, 6.07) is 35.3. The van der Waals surface area contributed by atoms with Gasteiger partial charge in [-0.2, -0.15) is 0 Å². The van der Waals surface area contributed by atoms with Crippen molar-refractivity contribution >= 4 is 22.4 Å². The Balaban J connectivity index is 1.43. The van der Waals surface area contributed by atoms with E-state index in [0.717, 1.165) is 44.7 Å². The summed E-state index contributed by atoms with van der Waals surface area (Å²) in [7, 11) is 0. The predicted molar refractivity (Wildman–Crippen MR) is 160 cm³/mol. The molecule has 0 bridgehead atoms. The Bertz CT molecular complexity index is 2010. The maximum atomic E-state index is 10.9. The van der Waals surface area contributed by atoms with Crippen molar-refractivity contribution in [1.82, 2.24) is 14.5 Å². The number of fused-ring (bicyclic) bond motifs is 1. The zero-order chi connectivity index (χ0) is 27.9. The molecule has 0 fully saturated rings. The molecule has 7 rings (SSSR count). The molecule has 0 aliphatic rings. The van der Waals surface area contributed by atoms with Crippen molar-refractivity contribution in [1.29, 1.82) is 0 Å². The summed E-state index contributed by atoms with van der Waals surface area (Å²) in [4.78, 5) is 10.9. The smallest absolute Gasteiger partial charge is 0.149 e. The van der Waals surface area contributed by atoms with Crippen LogP contribution in [0.5, 0.6) is 5.75 Å². The second kappa shape index (κ2) is 9.71. The zero-order valence-electron chi connectivity index (χ0n) is 22.7. The fourth-order valence-corrected chi connectivity index (χ4v) is 5.65. The molecule has 0 aliphatic carbocycles. The molecule has 186 valence electrons. The van der Waals surface area contributed by atoms with Crippen LogP contribution in [-0.4, -0.2) is 19.6 Å². The molecule has 7 aromatic rings. The van der Waals surface area contributed by atoms with Gasteiger partial charge in [0.05, 0.1) is 25.0 Å². The van der Waals surface area contributed by atoms with Gasteiger partial charge in [-0.3, -0.25) is 9.55 Å². The van der Waals surface area contributed by atoms with Crippen molar-refractivity contribution < 1.29 is 7.85 Å². The molecule has 0 saturated heterocycles. The van der Waals surface area contributed by atoms with Crippen LogP contribution in [0.2, 0.25) is 0 Å². The Morgan fingerprint density at radius 1 is 0.744 bits per heavy atom. The first-order chi connectivity index (χ1) is 20.1. The molecule has 4 aromatic carbocycles. The first kappa shape index (κ1) is 21.0. The van der Waals surface area contributed by atoms with Crippen LogP contribution in [0.25, 0.3) is 60.9 Å². The van der Waals surface area contributed by atoms with E-state index in [4.69, 9.17) is 7.73 Å². The maximum Gasteiger partial charge on any atom is 0.149 e. The van der Waals surface area contributed by atoms with Crippen LogP contribution in [0.4, 0.5) is 0 Å². The van der Waals surface area contributed by atoms with Crippen LogP contribution in [0.1, 0.15) is 2.74 Å². The molecule has 0 saturated carbocycles. The third-order valence-corrected chi connectivity index (χ3v) is 7.65. The number of imidazole rings is 1. The standard InChI is InChI=1S/C34H23N3OS/c38-31-16-5-4-13-28(31)34-36-33-27(14-7-15-30(33)37(34)26-11-2-1-3-12-26)23-9-6-10-24(21-23)29-22-25(18-19-35-29)32-17-8-20-39-32/h1-22,38H/i5D,13D. The number of rotatable bonds is 5. The highest BCUT2D eigenvalue weighted by molar-refractivity contribution is 7.13. The summed E-state index contributed by atoms with van der Waals surface area (Å²) >= 11 is 1.70. The van der Waals surface area contributed by atoms with Crippen molar-refractivity contribution in [3.05, 3.63) is 133 Å². The van der Waals surface area contributed by atoms with Gasteiger partial charge >= 0.3 is 0 Å². The molecule has 5 heteroatoms. The van der Waals surface area contributed by atoms with E-state index in [9.17, 15) is 5.11 Å². The van der Waals surface area contributed by atoms with Gasteiger partial charge in [-0.1, -0.05) is 66.7 Å². The number of hydrogen-bond acceptors (Lipinski definition) is 4. The van der Waals surface area contributed by atoms with E-state index in [1.54, 1.807) is 11.3 Å². The Hall–Kier alpha value is -5.00. The number of hydrogen-bond donors (Lipinski definition) is 1. The number of pyridine rings is 1. The number of para-hydroxylation sites is 3. The molecule has 0 spiro atoms. The number of phenols is 1. The first-order valence-corrected chi connectivity index (χ1v) is 13.4. The summed E-state index contributed by atoms with van der Waals surface area (Å²) in [5.74, 6) is 0.304. The molecule has 0 radical (unpaired) electrons. The summed E-state index contributed by atoms with van der Waals surface area (Å²) < 4.78 is 18.5. The first-order valence-electron chi connectivity index (χ1n) is 13.5. The van der Waals surface area contributed by atoms with Gasteiger partial charge in [0.1, 0.15) is 11.6 Å². The Labute approximate surface area is 233 Å². The Morgan fingerprint density at radius 3 is 2.46 bits per heavy atom. The zero-order valence-corrected chi connectivity index (χ0v) is 21.6. The molecule has 39 heavy (non-hydrogen) atoms. The third-order valence-electron chi connectivity index (χ3n) is 6.73. The highest BCUT2D eigenvalue weighted by Gasteiger charge is 2.19. The molecule has 0 unspecified atom stereocenters. The van der Waals surface area contributed by atoms with Gasteiger partial charge < -0.3 is 5.11 Å². The summed E-state index contributed by atoms with van der Waals surface area (Å²) in [5, 5.41) is 12.9. The highest BCUT2D eigenvalue weighted by Crippen LogP contribution is 2.38. The van der Waals surface area contributed by atoms with Gasteiger partial charge in [-0.15, -0.1) is 11.3 Å². The van der Waals surface area contributed by atoms with E-state index in [1.807, 2.05) is 71.4 Å². The quantitative estimate of drug-likeness (QED) is 0.245. The van der Waals surface area contributed by atoms with Crippen LogP contribution in [0.3, 0.4) is 0 Å². The van der Waals surface area contributed by atoms with Crippen molar-refractivity contribution in [2.24, 2.45) is 0 Å². The average molecular weight is 524 g/mol. The number of thiophene rings is 1. The van der Waals surface area contributed by atoms with E-state index >= 15 is 0 Å². The van der Waals surface area contributed by atoms with Gasteiger partial charge in [-0.05, 0) is 71.1 Å². The Kier molecular flexibility index (Phi) is 5.22. The molecule has 4 nitrogen and oxygen atoms in total. The normalized spacial score (nSPS) is 11.9. The largest absolute Gasteiger partial charge is 0.507 e. The summed E-state index contributed by atoms with van der Waals surface area (Å²) in [6.07, 6.45) is 1.85. The SMILES string of the molecule is [2H]c1cc([2H])c(-c2nc3c(-c4cccc(-c5cc(-c6cccs6)ccn5)c4)cccc3n2-c2ccccc2)c(O)c1. The van der Waals surface area contributed by atoms with Gasteiger partial charge in [0, 0.05) is 27.9 Å². The molecule has 0 atom stereocenters. The molecule has 0 amide bonds. The number of aromatic hydroxyl groups is 1. The van der Waals surface area contributed by atoms with Crippen molar-refractivity contribution in [2.45, 2.75) is 0 Å². The van der Waals surface area contributed by atoms with Crippen LogP contribution in [0, 0.1) is 0 Å². The van der Waals surface area contributed by atoms with E-state index in [0.29, 0.717) is 5.82 Å². The number of nitrogens with zero attached hydrogens (tertiary/aromatic N) is 3. The van der Waals surface area contributed by atoms with Crippen molar-refractivity contribution in [3.8, 4) is 55.6 Å². The van der Waals surface area contributed by atoms with Crippen LogP contribution in [-0.2, 0) is 0 Å². The topological polar surface area (TPSA) is 50.9 Å². The minimum atomic E-state index is -0.143. The summed E-state index contributed by atoms with van der Waals surface area (Å²) in [5.41, 5.74) is 7.68. The number of benzene rings is 4. The van der Waals surface area contributed by atoms with E-state index in [-0.39, 0.29) is 23.4 Å². The van der Waals surface area contributed by atoms with Gasteiger partial charge in [-0.25, -0.2) is 4.98 Å². The molecular formula is C34H23N3OS. The highest BCUT2D eigenvalue weighted by atomic mass is 32.1. The fraction of sp³-hybridized carbons (Fsp3) is 0. The van der Waals surface area contributed by atoms with Crippen LogP contribution in [0.15, 0.2) is 133 Å². The van der Waals surface area contributed by atoms with Gasteiger partial charge in [0.15, 0.2) is 0 Å². The minimum Gasteiger partial charge on any atom is -0.507 e. The lowest BCUT2D eigenvalue weighted by Crippen LogP contribution is -1.97. The molecule has 1 N–H and O–H groups in total. The monoisotopic (exact) mass is 523 g/mol.